The van der Waals surface area contributed by atoms with E-state index < -0.39 is 0 Å². The molecule has 1 aromatic rings. The first-order valence-electron chi connectivity index (χ1n) is 6.43. The van der Waals surface area contributed by atoms with Crippen LogP contribution in [0.3, 0.4) is 0 Å². The second-order valence-corrected chi connectivity index (χ2v) is 4.81. The Kier molecular flexibility index (Phi) is 4.20. The number of amides is 2. The van der Waals surface area contributed by atoms with Gasteiger partial charge in [-0.05, 0) is 13.0 Å². The first kappa shape index (κ1) is 14.3. The Morgan fingerprint density at radius 2 is 2.05 bits per heavy atom. The Bertz CT molecular complexity index is 519. The van der Waals surface area contributed by atoms with Crippen molar-refractivity contribution in [3.63, 3.8) is 0 Å². The van der Waals surface area contributed by atoms with Gasteiger partial charge in [-0.25, -0.2) is 0 Å². The number of methoxy groups -OCH3 is 1. The highest BCUT2D eigenvalue weighted by molar-refractivity contribution is 6.10. The van der Waals surface area contributed by atoms with Crippen molar-refractivity contribution in [2.45, 2.75) is 13.0 Å². The van der Waals surface area contributed by atoms with Gasteiger partial charge in [0.05, 0.1) is 6.61 Å². The van der Waals surface area contributed by atoms with E-state index in [-0.39, 0.29) is 24.4 Å². The van der Waals surface area contributed by atoms with Crippen LogP contribution in [0.5, 0.6) is 0 Å². The summed E-state index contributed by atoms with van der Waals surface area (Å²) in [4.78, 5) is 25.5. The van der Waals surface area contributed by atoms with Crippen molar-refractivity contribution in [2.75, 3.05) is 20.3 Å². The van der Waals surface area contributed by atoms with Crippen molar-refractivity contribution in [3.8, 4) is 0 Å². The predicted molar refractivity (Wildman–Crippen MR) is 76.0 cm³/mol. The van der Waals surface area contributed by atoms with Crippen molar-refractivity contribution in [1.82, 2.24) is 10.2 Å². The first-order valence-corrected chi connectivity index (χ1v) is 6.43. The van der Waals surface area contributed by atoms with Gasteiger partial charge in [0.25, 0.3) is 5.91 Å². The van der Waals surface area contributed by atoms with Crippen LogP contribution < -0.4 is 5.32 Å². The molecule has 2 amide bonds. The molecule has 1 aliphatic heterocycles. The van der Waals surface area contributed by atoms with Crippen LogP contribution >= 0.6 is 0 Å². The van der Waals surface area contributed by atoms with Crippen molar-refractivity contribution in [3.05, 3.63) is 42.0 Å². The summed E-state index contributed by atoms with van der Waals surface area (Å²) in [5.41, 5.74) is 1.95. The molecule has 1 atom stereocenters. The topological polar surface area (TPSA) is 58.6 Å². The molecular formula is C15H18N2O3. The van der Waals surface area contributed by atoms with Crippen LogP contribution in [0.25, 0.3) is 5.70 Å². The van der Waals surface area contributed by atoms with Crippen LogP contribution in [0.1, 0.15) is 22.8 Å². The number of fused-ring (bicyclic) bond motifs is 1. The molecule has 0 bridgehead atoms. The molecule has 5 nitrogen and oxygen atoms in total. The molecule has 0 spiro atoms. The number of hydrogen-bond acceptors (Lipinski definition) is 3. The molecule has 20 heavy (non-hydrogen) atoms. The van der Waals surface area contributed by atoms with E-state index in [9.17, 15) is 9.59 Å². The molecule has 0 saturated heterocycles. The zero-order valence-corrected chi connectivity index (χ0v) is 11.7. The number of nitrogens with one attached hydrogen (secondary N) is 1. The molecule has 0 fully saturated rings. The van der Waals surface area contributed by atoms with Gasteiger partial charge in [-0.15, -0.1) is 0 Å². The average Bonchev–Trinajstić information content (AvgIpc) is 2.65. The molecule has 106 valence electrons. The van der Waals surface area contributed by atoms with Gasteiger partial charge in [-0.2, -0.15) is 0 Å². The van der Waals surface area contributed by atoms with E-state index in [4.69, 9.17) is 4.74 Å². The standard InChI is InChI=1S/C15H18N2O3/c1-10(9-20-3)16-14(18)8-17-11(2)12-6-4-5-7-13(12)15(17)19/h4-7,10H,2,8-9H2,1,3H3,(H,16,18)/t10-/m1/s1. The Balaban J connectivity index is 2.04. The smallest absolute Gasteiger partial charge is 0.259 e. The van der Waals surface area contributed by atoms with Crippen LogP contribution in [-0.2, 0) is 9.53 Å². The number of hydrogen-bond donors (Lipinski definition) is 1. The Morgan fingerprint density at radius 1 is 1.40 bits per heavy atom. The predicted octanol–water partition coefficient (Wildman–Crippen LogP) is 1.26. The van der Waals surface area contributed by atoms with E-state index >= 15 is 0 Å². The summed E-state index contributed by atoms with van der Waals surface area (Å²) in [6.45, 7) is 6.14. The molecule has 1 heterocycles. The fourth-order valence-electron chi connectivity index (χ4n) is 2.26. The summed E-state index contributed by atoms with van der Waals surface area (Å²) in [5.74, 6) is -0.406. The SMILES string of the molecule is C=C1c2ccccc2C(=O)N1CC(=O)N[C@H](C)COC. The Labute approximate surface area is 118 Å². The molecule has 0 aliphatic carbocycles. The van der Waals surface area contributed by atoms with Crippen molar-refractivity contribution >= 4 is 17.5 Å². The van der Waals surface area contributed by atoms with Gasteiger partial charge in [-0.3, -0.25) is 14.5 Å². The molecule has 0 unspecified atom stereocenters. The summed E-state index contributed by atoms with van der Waals surface area (Å²) in [6, 6.07) is 7.13. The van der Waals surface area contributed by atoms with E-state index in [0.29, 0.717) is 17.9 Å². The maximum atomic E-state index is 12.2. The minimum absolute atomic E-state index is 0.0274. The molecule has 2 rings (SSSR count). The minimum atomic E-state index is -0.225. The molecule has 1 aliphatic rings. The summed E-state index contributed by atoms with van der Waals surface area (Å²) in [6.07, 6.45) is 0. The second-order valence-electron chi connectivity index (χ2n) is 4.81. The van der Waals surface area contributed by atoms with E-state index in [1.54, 1.807) is 19.2 Å². The summed E-state index contributed by atoms with van der Waals surface area (Å²) < 4.78 is 4.95. The fourth-order valence-corrected chi connectivity index (χ4v) is 2.26. The summed E-state index contributed by atoms with van der Waals surface area (Å²) in [5, 5.41) is 2.78. The molecule has 5 heteroatoms. The maximum Gasteiger partial charge on any atom is 0.259 e. The third-order valence-electron chi connectivity index (χ3n) is 3.17. The normalized spacial score (nSPS) is 15.2. The van der Waals surface area contributed by atoms with Gasteiger partial charge >= 0.3 is 0 Å². The maximum absolute atomic E-state index is 12.2. The van der Waals surface area contributed by atoms with E-state index in [0.717, 1.165) is 5.56 Å². The number of carbonyl (C=O) groups is 2. The third-order valence-corrected chi connectivity index (χ3v) is 3.17. The summed E-state index contributed by atoms with van der Waals surface area (Å²) in [7, 11) is 1.57. The van der Waals surface area contributed by atoms with Gasteiger partial charge in [0.1, 0.15) is 6.54 Å². The number of nitrogens with zero attached hydrogens (tertiary/aromatic N) is 1. The van der Waals surface area contributed by atoms with Gasteiger partial charge < -0.3 is 10.1 Å². The number of benzene rings is 1. The largest absolute Gasteiger partial charge is 0.383 e. The van der Waals surface area contributed by atoms with Gasteiger partial charge in [0.2, 0.25) is 5.91 Å². The quantitative estimate of drug-likeness (QED) is 0.879. The number of ether oxygens (including phenoxy) is 1. The highest BCUT2D eigenvalue weighted by atomic mass is 16.5. The highest BCUT2D eigenvalue weighted by Crippen LogP contribution is 2.30. The molecule has 0 radical (unpaired) electrons. The lowest BCUT2D eigenvalue weighted by Crippen LogP contribution is -2.42. The van der Waals surface area contributed by atoms with Crippen LogP contribution in [0.2, 0.25) is 0 Å². The monoisotopic (exact) mass is 274 g/mol. The Hall–Kier alpha value is -2.14. The van der Waals surface area contributed by atoms with E-state index in [1.165, 1.54) is 4.90 Å². The second kappa shape index (κ2) is 5.88. The van der Waals surface area contributed by atoms with E-state index in [1.807, 2.05) is 19.1 Å². The zero-order valence-electron chi connectivity index (χ0n) is 11.7. The molecule has 0 aromatic heterocycles. The third kappa shape index (κ3) is 2.72. The fraction of sp³-hybridized carbons (Fsp3) is 0.333. The molecule has 1 N–H and O–H groups in total. The van der Waals surface area contributed by atoms with Crippen molar-refractivity contribution in [2.24, 2.45) is 0 Å². The van der Waals surface area contributed by atoms with Crippen LogP contribution in [0, 0.1) is 0 Å². The van der Waals surface area contributed by atoms with Gasteiger partial charge in [0.15, 0.2) is 0 Å². The Morgan fingerprint density at radius 3 is 2.65 bits per heavy atom. The average molecular weight is 274 g/mol. The molecular weight excluding hydrogens is 256 g/mol. The number of carbonyl (C=O) groups excluding carboxylic acids is 2. The summed E-state index contributed by atoms with van der Waals surface area (Å²) >= 11 is 0. The number of rotatable bonds is 5. The lowest BCUT2D eigenvalue weighted by atomic mass is 10.1. The van der Waals surface area contributed by atoms with E-state index in [2.05, 4.69) is 11.9 Å². The van der Waals surface area contributed by atoms with Gasteiger partial charge in [-0.1, -0.05) is 24.8 Å². The molecule has 0 saturated carbocycles. The highest BCUT2D eigenvalue weighted by Gasteiger charge is 2.31. The minimum Gasteiger partial charge on any atom is -0.383 e. The lowest BCUT2D eigenvalue weighted by molar-refractivity contribution is -0.122. The van der Waals surface area contributed by atoms with Crippen molar-refractivity contribution in [1.29, 1.82) is 0 Å². The van der Waals surface area contributed by atoms with Crippen LogP contribution in [-0.4, -0.2) is 43.0 Å². The van der Waals surface area contributed by atoms with Gasteiger partial charge in [0, 0.05) is 30.0 Å². The first-order chi connectivity index (χ1) is 9.54. The molecule has 1 aromatic carbocycles. The van der Waals surface area contributed by atoms with Crippen LogP contribution in [0.4, 0.5) is 0 Å². The lowest BCUT2D eigenvalue weighted by Gasteiger charge is -2.19. The zero-order chi connectivity index (χ0) is 14.7. The van der Waals surface area contributed by atoms with Crippen molar-refractivity contribution < 1.29 is 14.3 Å². The van der Waals surface area contributed by atoms with Crippen LogP contribution in [0.15, 0.2) is 30.8 Å².